The third kappa shape index (κ3) is 3.40. The van der Waals surface area contributed by atoms with Crippen LogP contribution in [0.3, 0.4) is 0 Å². The van der Waals surface area contributed by atoms with Crippen LogP contribution in [0.5, 0.6) is 11.5 Å². The summed E-state index contributed by atoms with van der Waals surface area (Å²) < 4.78 is 11.0. The fraction of sp³-hybridized carbons (Fsp3) is 0.429. The molecule has 0 atom stereocenters. The molecule has 0 heterocycles. The monoisotopic (exact) mass is 267 g/mol. The average molecular weight is 268 g/mol. The Labute approximate surface area is 113 Å². The summed E-state index contributed by atoms with van der Waals surface area (Å²) in [5.74, 6) is 1.41. The minimum Gasteiger partial charge on any atom is -0.493 e. The molecule has 0 saturated heterocycles. The van der Waals surface area contributed by atoms with E-state index in [1.165, 1.54) is 12.8 Å². The molecule has 3 nitrogen and oxygen atoms in total. The normalized spacial score (nSPS) is 14.3. The van der Waals surface area contributed by atoms with E-state index in [1.807, 2.05) is 6.07 Å². The van der Waals surface area contributed by atoms with Crippen molar-refractivity contribution in [2.24, 2.45) is 0 Å². The molecule has 0 amide bonds. The van der Waals surface area contributed by atoms with Gasteiger partial charge in [-0.2, -0.15) is 0 Å². The van der Waals surface area contributed by atoms with Gasteiger partial charge in [0, 0.05) is 29.2 Å². The molecule has 0 aromatic heterocycles. The van der Waals surface area contributed by atoms with E-state index in [2.05, 4.69) is 11.9 Å². The number of halogens is 1. The molecule has 0 bridgehead atoms. The maximum atomic E-state index is 6.08. The quantitative estimate of drug-likeness (QED) is 0.770. The number of hydrogen-bond acceptors (Lipinski definition) is 3. The fourth-order valence-electron chi connectivity index (χ4n) is 1.75. The van der Waals surface area contributed by atoms with Crippen LogP contribution in [-0.2, 0) is 6.54 Å². The molecule has 1 aliphatic carbocycles. The molecule has 1 fully saturated rings. The molecule has 4 heteroatoms. The first-order valence-electron chi connectivity index (χ1n) is 6.08. The van der Waals surface area contributed by atoms with Crippen LogP contribution >= 0.6 is 11.6 Å². The molecule has 1 aromatic rings. The minimum atomic E-state index is 0.453. The summed E-state index contributed by atoms with van der Waals surface area (Å²) in [5, 5.41) is 4.11. The summed E-state index contributed by atoms with van der Waals surface area (Å²) in [6, 6.07) is 4.32. The van der Waals surface area contributed by atoms with Crippen molar-refractivity contribution < 1.29 is 9.47 Å². The van der Waals surface area contributed by atoms with Gasteiger partial charge in [-0.3, -0.25) is 0 Å². The van der Waals surface area contributed by atoms with Crippen LogP contribution in [0, 0.1) is 0 Å². The molecular formula is C14H18ClNO2. The van der Waals surface area contributed by atoms with Gasteiger partial charge in [-0.15, -0.1) is 0 Å². The van der Waals surface area contributed by atoms with E-state index in [9.17, 15) is 0 Å². The lowest BCUT2D eigenvalue weighted by atomic mass is 10.2. The largest absolute Gasteiger partial charge is 0.493 e. The Morgan fingerprint density at radius 1 is 1.50 bits per heavy atom. The first-order valence-corrected chi connectivity index (χ1v) is 6.46. The summed E-state index contributed by atoms with van der Waals surface area (Å²) in [7, 11) is 1.62. The third-order valence-electron chi connectivity index (χ3n) is 2.82. The van der Waals surface area contributed by atoms with Gasteiger partial charge in [0.2, 0.25) is 0 Å². The SMILES string of the molecule is C=CCOc1c(CNC2CC2)cc(Cl)cc1OC. The number of nitrogens with one attached hydrogen (secondary N) is 1. The zero-order chi connectivity index (χ0) is 13.0. The molecule has 0 aliphatic heterocycles. The fourth-order valence-corrected chi connectivity index (χ4v) is 1.98. The Balaban J connectivity index is 2.20. The molecule has 0 radical (unpaired) electrons. The second-order valence-electron chi connectivity index (χ2n) is 4.35. The molecule has 0 spiro atoms. The van der Waals surface area contributed by atoms with Gasteiger partial charge in [0.05, 0.1) is 7.11 Å². The maximum absolute atomic E-state index is 6.08. The third-order valence-corrected chi connectivity index (χ3v) is 3.04. The van der Waals surface area contributed by atoms with Crippen molar-refractivity contribution in [3.05, 3.63) is 35.4 Å². The minimum absolute atomic E-state index is 0.453. The lowest BCUT2D eigenvalue weighted by molar-refractivity contribution is 0.322. The van der Waals surface area contributed by atoms with E-state index in [1.54, 1.807) is 19.3 Å². The molecule has 18 heavy (non-hydrogen) atoms. The predicted molar refractivity (Wildman–Crippen MR) is 73.6 cm³/mol. The topological polar surface area (TPSA) is 30.5 Å². The van der Waals surface area contributed by atoms with Crippen LogP contribution < -0.4 is 14.8 Å². The van der Waals surface area contributed by atoms with E-state index in [0.717, 1.165) is 17.9 Å². The van der Waals surface area contributed by atoms with Crippen molar-refractivity contribution in [3.8, 4) is 11.5 Å². The van der Waals surface area contributed by atoms with Gasteiger partial charge in [0.15, 0.2) is 11.5 Å². The maximum Gasteiger partial charge on any atom is 0.166 e. The second-order valence-corrected chi connectivity index (χ2v) is 4.79. The van der Waals surface area contributed by atoms with E-state index in [0.29, 0.717) is 23.4 Å². The van der Waals surface area contributed by atoms with Crippen molar-refractivity contribution in [2.75, 3.05) is 13.7 Å². The molecule has 1 aromatic carbocycles. The lowest BCUT2D eigenvalue weighted by Crippen LogP contribution is -2.16. The van der Waals surface area contributed by atoms with Gasteiger partial charge in [-0.25, -0.2) is 0 Å². The van der Waals surface area contributed by atoms with Crippen molar-refractivity contribution in [3.63, 3.8) is 0 Å². The van der Waals surface area contributed by atoms with Gasteiger partial charge in [-0.05, 0) is 18.9 Å². The highest BCUT2D eigenvalue weighted by atomic mass is 35.5. The molecule has 2 rings (SSSR count). The van der Waals surface area contributed by atoms with Gasteiger partial charge in [0.25, 0.3) is 0 Å². The Morgan fingerprint density at radius 2 is 2.28 bits per heavy atom. The number of benzene rings is 1. The molecule has 98 valence electrons. The highest BCUT2D eigenvalue weighted by Gasteiger charge is 2.21. The highest BCUT2D eigenvalue weighted by Crippen LogP contribution is 2.35. The summed E-state index contributed by atoms with van der Waals surface area (Å²) in [6.07, 6.45) is 4.22. The number of rotatable bonds is 7. The Hall–Kier alpha value is -1.19. The van der Waals surface area contributed by atoms with Gasteiger partial charge < -0.3 is 14.8 Å². The van der Waals surface area contributed by atoms with Crippen LogP contribution in [0.2, 0.25) is 5.02 Å². The lowest BCUT2D eigenvalue weighted by Gasteiger charge is -2.15. The first-order chi connectivity index (χ1) is 8.74. The van der Waals surface area contributed by atoms with Crippen LogP contribution in [-0.4, -0.2) is 19.8 Å². The van der Waals surface area contributed by atoms with E-state index < -0.39 is 0 Å². The molecule has 1 aliphatic rings. The van der Waals surface area contributed by atoms with Crippen molar-refractivity contribution >= 4 is 11.6 Å². The van der Waals surface area contributed by atoms with Gasteiger partial charge in [-0.1, -0.05) is 24.3 Å². The van der Waals surface area contributed by atoms with Crippen LogP contribution in [0.15, 0.2) is 24.8 Å². The molecule has 0 unspecified atom stereocenters. The summed E-state index contributed by atoms with van der Waals surface area (Å²) in [6.45, 7) is 4.85. The zero-order valence-electron chi connectivity index (χ0n) is 10.5. The second kappa shape index (κ2) is 6.12. The van der Waals surface area contributed by atoms with Crippen molar-refractivity contribution in [1.82, 2.24) is 5.32 Å². The molecule has 1 saturated carbocycles. The Kier molecular flexibility index (Phi) is 4.50. The summed E-state index contributed by atoms with van der Waals surface area (Å²) in [5.41, 5.74) is 1.02. The Bertz CT molecular complexity index is 430. The van der Waals surface area contributed by atoms with Crippen LogP contribution in [0.1, 0.15) is 18.4 Å². The average Bonchev–Trinajstić information content (AvgIpc) is 3.18. The zero-order valence-corrected chi connectivity index (χ0v) is 11.3. The summed E-state index contributed by atoms with van der Waals surface area (Å²) >= 11 is 6.08. The molecular weight excluding hydrogens is 250 g/mol. The highest BCUT2D eigenvalue weighted by molar-refractivity contribution is 6.30. The van der Waals surface area contributed by atoms with E-state index in [-0.39, 0.29) is 0 Å². The Morgan fingerprint density at radius 3 is 2.89 bits per heavy atom. The van der Waals surface area contributed by atoms with Crippen molar-refractivity contribution in [1.29, 1.82) is 0 Å². The summed E-state index contributed by atoms with van der Waals surface area (Å²) in [4.78, 5) is 0. The van der Waals surface area contributed by atoms with E-state index in [4.69, 9.17) is 21.1 Å². The van der Waals surface area contributed by atoms with Crippen LogP contribution in [0.25, 0.3) is 0 Å². The number of hydrogen-bond donors (Lipinski definition) is 1. The van der Waals surface area contributed by atoms with Gasteiger partial charge >= 0.3 is 0 Å². The van der Waals surface area contributed by atoms with Gasteiger partial charge in [0.1, 0.15) is 6.61 Å². The number of methoxy groups -OCH3 is 1. The predicted octanol–water partition coefficient (Wildman–Crippen LogP) is 3.17. The number of ether oxygens (including phenoxy) is 2. The van der Waals surface area contributed by atoms with Crippen LogP contribution in [0.4, 0.5) is 0 Å². The first kappa shape index (κ1) is 13.2. The smallest absolute Gasteiger partial charge is 0.166 e. The van der Waals surface area contributed by atoms with Crippen molar-refractivity contribution in [2.45, 2.75) is 25.4 Å². The van der Waals surface area contributed by atoms with E-state index >= 15 is 0 Å². The standard InChI is InChI=1S/C14H18ClNO2/c1-3-6-18-14-10(9-16-12-4-5-12)7-11(15)8-13(14)17-2/h3,7-8,12,16H,1,4-6,9H2,2H3. The molecule has 1 N–H and O–H groups in total.